The molecule has 1 fully saturated rings. The number of benzene rings is 1. The van der Waals surface area contributed by atoms with Crippen molar-refractivity contribution >= 4 is 11.9 Å². The summed E-state index contributed by atoms with van der Waals surface area (Å²) in [5.74, 6) is 0.145. The molecule has 0 aromatic heterocycles. The molecule has 1 aliphatic heterocycles. The lowest BCUT2D eigenvalue weighted by Crippen LogP contribution is -2.41. The number of amides is 1. The second kappa shape index (κ2) is 6.95. The Balaban J connectivity index is 1.62. The molecule has 0 spiro atoms. The number of allylic oxidation sites excluding steroid dienone is 1. The number of carbonyl (C=O) groups excluding carboxylic acids is 1. The highest BCUT2D eigenvalue weighted by Gasteiger charge is 2.45. The van der Waals surface area contributed by atoms with E-state index in [9.17, 15) is 14.7 Å². The molecule has 1 aromatic carbocycles. The van der Waals surface area contributed by atoms with Gasteiger partial charge in [0.25, 0.3) is 0 Å². The Hall–Kier alpha value is -2.50. The highest BCUT2D eigenvalue weighted by Crippen LogP contribution is 2.49. The van der Waals surface area contributed by atoms with Crippen LogP contribution in [-0.4, -0.2) is 36.2 Å². The van der Waals surface area contributed by atoms with Crippen molar-refractivity contribution in [1.82, 2.24) is 5.32 Å². The van der Waals surface area contributed by atoms with Gasteiger partial charge in [-0.25, -0.2) is 4.79 Å². The summed E-state index contributed by atoms with van der Waals surface area (Å²) in [6.07, 6.45) is 4.53. The van der Waals surface area contributed by atoms with Crippen molar-refractivity contribution in [3.63, 3.8) is 0 Å². The summed E-state index contributed by atoms with van der Waals surface area (Å²) in [6, 6.07) is 4.85. The molecule has 1 amide bonds. The summed E-state index contributed by atoms with van der Waals surface area (Å²) in [6.45, 7) is 2.89. The average molecular weight is 331 g/mol. The predicted octanol–water partition coefficient (Wildman–Crippen LogP) is 2.10. The van der Waals surface area contributed by atoms with Gasteiger partial charge in [-0.15, -0.1) is 0 Å². The van der Waals surface area contributed by atoms with E-state index in [0.29, 0.717) is 25.4 Å². The molecule has 0 radical (unpaired) electrons. The standard InChI is InChI=1S/C18H21NO5/c1-2-3-4-14(18(21)22)19-17(20)13-10-12(13)11-5-6-15-16(9-11)24-8-7-23-15/h2-3,5-6,9,12-14H,4,7-8,10H2,1H3,(H,19,20)(H,21,22)/b3-2+. The van der Waals surface area contributed by atoms with Crippen molar-refractivity contribution in [3.05, 3.63) is 35.9 Å². The zero-order valence-electron chi connectivity index (χ0n) is 13.5. The van der Waals surface area contributed by atoms with E-state index in [2.05, 4.69) is 5.32 Å². The van der Waals surface area contributed by atoms with Gasteiger partial charge in [0.1, 0.15) is 19.3 Å². The topological polar surface area (TPSA) is 84.9 Å². The third-order valence-corrected chi connectivity index (χ3v) is 4.34. The van der Waals surface area contributed by atoms with Crippen LogP contribution in [0.15, 0.2) is 30.4 Å². The van der Waals surface area contributed by atoms with Crippen molar-refractivity contribution < 1.29 is 24.2 Å². The van der Waals surface area contributed by atoms with Gasteiger partial charge < -0.3 is 19.9 Å². The molecular formula is C18H21NO5. The van der Waals surface area contributed by atoms with Crippen molar-refractivity contribution in [2.24, 2.45) is 5.92 Å². The molecule has 6 heteroatoms. The number of hydrogen-bond acceptors (Lipinski definition) is 4. The van der Waals surface area contributed by atoms with Gasteiger partial charge >= 0.3 is 5.97 Å². The largest absolute Gasteiger partial charge is 0.486 e. The number of aliphatic carboxylic acids is 1. The molecule has 128 valence electrons. The first-order chi connectivity index (χ1) is 11.6. The number of ether oxygens (including phenoxy) is 2. The summed E-state index contributed by atoms with van der Waals surface area (Å²) in [4.78, 5) is 23.5. The third-order valence-electron chi connectivity index (χ3n) is 4.34. The van der Waals surface area contributed by atoms with Gasteiger partial charge in [0.05, 0.1) is 0 Å². The number of hydrogen-bond donors (Lipinski definition) is 2. The molecule has 0 bridgehead atoms. The third kappa shape index (κ3) is 3.53. The van der Waals surface area contributed by atoms with Gasteiger partial charge in [0.2, 0.25) is 5.91 Å². The van der Waals surface area contributed by atoms with Crippen LogP contribution in [0.2, 0.25) is 0 Å². The minimum atomic E-state index is -1.02. The Morgan fingerprint density at radius 1 is 1.33 bits per heavy atom. The highest BCUT2D eigenvalue weighted by atomic mass is 16.6. The SMILES string of the molecule is C/C=C/CC(NC(=O)C1CC1c1ccc2c(c1)OCCO2)C(=O)O. The van der Waals surface area contributed by atoms with Crippen LogP contribution in [0.1, 0.15) is 31.2 Å². The summed E-state index contributed by atoms with van der Waals surface area (Å²) in [5, 5.41) is 11.8. The number of rotatable bonds is 6. The smallest absolute Gasteiger partial charge is 0.326 e. The summed E-state index contributed by atoms with van der Waals surface area (Å²) in [5.41, 5.74) is 1.03. The molecule has 2 N–H and O–H groups in total. The van der Waals surface area contributed by atoms with Gasteiger partial charge in [-0.3, -0.25) is 4.79 Å². The second-order valence-electron chi connectivity index (χ2n) is 6.06. The Morgan fingerprint density at radius 3 is 2.79 bits per heavy atom. The van der Waals surface area contributed by atoms with Crippen LogP contribution in [0.4, 0.5) is 0 Å². The minimum Gasteiger partial charge on any atom is -0.486 e. The molecule has 2 aliphatic rings. The molecular weight excluding hydrogens is 310 g/mol. The number of nitrogens with one attached hydrogen (secondary N) is 1. The summed E-state index contributed by atoms with van der Waals surface area (Å²) < 4.78 is 11.1. The van der Waals surface area contributed by atoms with E-state index >= 15 is 0 Å². The number of carboxylic acid groups (broad SMARTS) is 1. The molecule has 0 saturated heterocycles. The van der Waals surface area contributed by atoms with E-state index in [0.717, 1.165) is 17.7 Å². The lowest BCUT2D eigenvalue weighted by atomic mass is 10.1. The van der Waals surface area contributed by atoms with E-state index < -0.39 is 12.0 Å². The molecule has 1 aliphatic carbocycles. The van der Waals surface area contributed by atoms with E-state index in [4.69, 9.17) is 9.47 Å². The van der Waals surface area contributed by atoms with Gasteiger partial charge in [0, 0.05) is 5.92 Å². The van der Waals surface area contributed by atoms with E-state index in [1.807, 2.05) is 25.1 Å². The Bertz CT molecular complexity index is 669. The molecule has 3 unspecified atom stereocenters. The number of fused-ring (bicyclic) bond motifs is 1. The average Bonchev–Trinajstić information content (AvgIpc) is 3.38. The fourth-order valence-electron chi connectivity index (χ4n) is 2.92. The predicted molar refractivity (Wildman–Crippen MR) is 87.3 cm³/mol. The molecule has 24 heavy (non-hydrogen) atoms. The Morgan fingerprint density at radius 2 is 2.08 bits per heavy atom. The maximum Gasteiger partial charge on any atom is 0.326 e. The normalized spacial score (nSPS) is 22.9. The first-order valence-electron chi connectivity index (χ1n) is 8.14. The molecule has 1 heterocycles. The molecule has 1 aromatic rings. The zero-order chi connectivity index (χ0) is 17.1. The highest BCUT2D eigenvalue weighted by molar-refractivity contribution is 5.87. The fourth-order valence-corrected chi connectivity index (χ4v) is 2.92. The Kier molecular flexibility index (Phi) is 4.74. The van der Waals surface area contributed by atoms with Crippen molar-refractivity contribution in [2.75, 3.05) is 13.2 Å². The molecule has 3 atom stereocenters. The van der Waals surface area contributed by atoms with E-state index in [-0.39, 0.29) is 17.7 Å². The maximum absolute atomic E-state index is 12.3. The fraction of sp³-hybridized carbons (Fsp3) is 0.444. The van der Waals surface area contributed by atoms with Gasteiger partial charge in [-0.1, -0.05) is 18.2 Å². The number of carbonyl (C=O) groups is 2. The minimum absolute atomic E-state index is 0.108. The van der Waals surface area contributed by atoms with Crippen LogP contribution in [0.3, 0.4) is 0 Å². The lowest BCUT2D eigenvalue weighted by Gasteiger charge is -2.19. The first kappa shape index (κ1) is 16.4. The van der Waals surface area contributed by atoms with Crippen LogP contribution >= 0.6 is 0 Å². The molecule has 3 rings (SSSR count). The molecule has 1 saturated carbocycles. The number of carboxylic acids is 1. The summed E-state index contributed by atoms with van der Waals surface area (Å²) in [7, 11) is 0. The monoisotopic (exact) mass is 331 g/mol. The first-order valence-corrected chi connectivity index (χ1v) is 8.14. The molecule has 6 nitrogen and oxygen atoms in total. The van der Waals surface area contributed by atoms with Crippen LogP contribution in [0.5, 0.6) is 11.5 Å². The van der Waals surface area contributed by atoms with Crippen LogP contribution in [0, 0.1) is 5.92 Å². The van der Waals surface area contributed by atoms with Crippen LogP contribution in [0.25, 0.3) is 0 Å². The van der Waals surface area contributed by atoms with Crippen molar-refractivity contribution in [2.45, 2.75) is 31.7 Å². The van der Waals surface area contributed by atoms with Gasteiger partial charge in [-0.05, 0) is 43.4 Å². The van der Waals surface area contributed by atoms with E-state index in [1.165, 1.54) is 0 Å². The van der Waals surface area contributed by atoms with Crippen molar-refractivity contribution in [1.29, 1.82) is 0 Å². The quantitative estimate of drug-likeness (QED) is 0.780. The second-order valence-corrected chi connectivity index (χ2v) is 6.06. The van der Waals surface area contributed by atoms with Crippen LogP contribution in [-0.2, 0) is 9.59 Å². The van der Waals surface area contributed by atoms with E-state index in [1.54, 1.807) is 12.2 Å². The van der Waals surface area contributed by atoms with Crippen molar-refractivity contribution in [3.8, 4) is 11.5 Å². The summed E-state index contributed by atoms with van der Waals surface area (Å²) >= 11 is 0. The zero-order valence-corrected chi connectivity index (χ0v) is 13.5. The Labute approximate surface area is 140 Å². The maximum atomic E-state index is 12.3. The van der Waals surface area contributed by atoms with Gasteiger partial charge in [0.15, 0.2) is 11.5 Å². The van der Waals surface area contributed by atoms with Crippen LogP contribution < -0.4 is 14.8 Å². The van der Waals surface area contributed by atoms with Gasteiger partial charge in [-0.2, -0.15) is 0 Å². The lowest BCUT2D eigenvalue weighted by molar-refractivity contribution is -0.141.